The number of ether oxygens (including phenoxy) is 1. The van der Waals surface area contributed by atoms with E-state index in [1.807, 2.05) is 0 Å². The molecule has 0 amide bonds. The van der Waals surface area contributed by atoms with Gasteiger partial charge < -0.3 is 4.74 Å². The first-order valence-corrected chi connectivity index (χ1v) is 8.22. The Morgan fingerprint density at radius 3 is 2.69 bits per heavy atom. The summed E-state index contributed by atoms with van der Waals surface area (Å²) in [4.78, 5) is 0.450. The lowest BCUT2D eigenvalue weighted by molar-refractivity contribution is 0.216. The van der Waals surface area contributed by atoms with Crippen LogP contribution in [0.4, 0.5) is 0 Å². The molecule has 2 unspecified atom stereocenters. The molecule has 0 aromatic rings. The fourth-order valence-electron chi connectivity index (χ4n) is 1.89. The van der Waals surface area contributed by atoms with E-state index in [0.29, 0.717) is 17.3 Å². The Labute approximate surface area is 106 Å². The highest BCUT2D eigenvalue weighted by molar-refractivity contribution is 9.09. The van der Waals surface area contributed by atoms with Gasteiger partial charge in [-0.1, -0.05) is 28.8 Å². The van der Waals surface area contributed by atoms with Crippen molar-refractivity contribution in [1.29, 1.82) is 0 Å². The van der Waals surface area contributed by atoms with Gasteiger partial charge in [-0.25, -0.2) is 13.1 Å². The van der Waals surface area contributed by atoms with Gasteiger partial charge in [0.05, 0.1) is 12.4 Å². The molecule has 0 heterocycles. The van der Waals surface area contributed by atoms with E-state index in [9.17, 15) is 8.42 Å². The lowest BCUT2D eigenvalue weighted by Crippen LogP contribution is -2.36. The van der Waals surface area contributed by atoms with E-state index in [4.69, 9.17) is 4.74 Å². The zero-order chi connectivity index (χ0) is 12.0. The second-order valence-corrected chi connectivity index (χ2v) is 7.32. The highest BCUT2D eigenvalue weighted by Gasteiger charge is 2.24. The summed E-state index contributed by atoms with van der Waals surface area (Å²) >= 11 is 3.62. The summed E-state index contributed by atoms with van der Waals surface area (Å²) < 4.78 is 30.5. The van der Waals surface area contributed by atoms with E-state index in [-0.39, 0.29) is 12.4 Å². The smallest absolute Gasteiger partial charge is 0.213 e. The van der Waals surface area contributed by atoms with Crippen molar-refractivity contribution in [3.63, 3.8) is 0 Å². The number of nitrogens with one attached hydrogen (secondary N) is 1. The largest absolute Gasteiger partial charge is 0.384 e. The number of hydrogen-bond donors (Lipinski definition) is 1. The van der Waals surface area contributed by atoms with Crippen LogP contribution < -0.4 is 4.72 Å². The summed E-state index contributed by atoms with van der Waals surface area (Å²) in [5, 5.41) is 0. The number of halogens is 1. The number of hydrogen-bond acceptors (Lipinski definition) is 3. The monoisotopic (exact) mass is 313 g/mol. The first-order valence-electron chi connectivity index (χ1n) is 5.65. The third-order valence-corrected chi connectivity index (χ3v) is 5.45. The minimum atomic E-state index is -3.16. The van der Waals surface area contributed by atoms with Gasteiger partial charge in [-0.2, -0.15) is 0 Å². The van der Waals surface area contributed by atoms with E-state index in [1.165, 1.54) is 20.0 Å². The van der Waals surface area contributed by atoms with Crippen LogP contribution in [0.25, 0.3) is 0 Å². The van der Waals surface area contributed by atoms with Gasteiger partial charge in [-0.3, -0.25) is 0 Å². The Balaban J connectivity index is 2.32. The van der Waals surface area contributed by atoms with E-state index < -0.39 is 10.0 Å². The van der Waals surface area contributed by atoms with Crippen molar-refractivity contribution in [2.75, 3.05) is 26.0 Å². The Kier molecular flexibility index (Phi) is 6.25. The zero-order valence-corrected chi connectivity index (χ0v) is 12.0. The van der Waals surface area contributed by atoms with Gasteiger partial charge in [0.2, 0.25) is 10.0 Å². The van der Waals surface area contributed by atoms with Gasteiger partial charge in [-0.05, 0) is 18.8 Å². The van der Waals surface area contributed by atoms with E-state index in [1.54, 1.807) is 0 Å². The van der Waals surface area contributed by atoms with Crippen LogP contribution in [0.15, 0.2) is 0 Å². The molecule has 0 aromatic heterocycles. The fourth-order valence-corrected chi connectivity index (χ4v) is 3.66. The topological polar surface area (TPSA) is 55.4 Å². The molecule has 96 valence electrons. The molecule has 0 aliphatic heterocycles. The average molecular weight is 314 g/mol. The number of rotatable bonds is 6. The van der Waals surface area contributed by atoms with Crippen molar-refractivity contribution in [3.8, 4) is 0 Å². The molecule has 1 saturated carbocycles. The van der Waals surface area contributed by atoms with Crippen molar-refractivity contribution in [3.05, 3.63) is 0 Å². The summed E-state index contributed by atoms with van der Waals surface area (Å²) in [6, 6.07) is 0. The summed E-state index contributed by atoms with van der Waals surface area (Å²) in [6.07, 6.45) is 4.68. The van der Waals surface area contributed by atoms with Crippen molar-refractivity contribution in [1.82, 2.24) is 4.72 Å². The number of alkyl halides is 1. The molecule has 0 bridgehead atoms. The lowest BCUT2D eigenvalue weighted by atomic mass is 9.89. The Morgan fingerprint density at radius 1 is 1.38 bits per heavy atom. The predicted octanol–water partition coefficient (Wildman–Crippen LogP) is 1.51. The van der Waals surface area contributed by atoms with Crippen LogP contribution in [0.1, 0.15) is 25.7 Å². The molecule has 0 spiro atoms. The minimum Gasteiger partial charge on any atom is -0.384 e. The number of methoxy groups -OCH3 is 1. The second kappa shape index (κ2) is 6.93. The molecule has 4 nitrogen and oxygen atoms in total. The Bertz CT molecular complexity index is 294. The van der Waals surface area contributed by atoms with Crippen LogP contribution in [-0.4, -0.2) is 39.3 Å². The second-order valence-electron chi connectivity index (χ2n) is 4.22. The molecule has 1 aliphatic rings. The standard InChI is InChI=1S/C10H20BrNO3S/c1-15-6-7-16(13,14)12-8-9-4-2-3-5-10(9)11/h9-10,12H,2-8H2,1H3. The van der Waals surface area contributed by atoms with Gasteiger partial charge in [0.1, 0.15) is 0 Å². The Hall–Kier alpha value is 0.350. The highest BCUT2D eigenvalue weighted by atomic mass is 79.9. The predicted molar refractivity (Wildman–Crippen MR) is 68.3 cm³/mol. The van der Waals surface area contributed by atoms with Crippen LogP contribution in [-0.2, 0) is 14.8 Å². The van der Waals surface area contributed by atoms with Gasteiger partial charge in [-0.15, -0.1) is 0 Å². The molecular formula is C10H20BrNO3S. The highest BCUT2D eigenvalue weighted by Crippen LogP contribution is 2.29. The quantitative estimate of drug-likeness (QED) is 0.756. The normalized spacial score (nSPS) is 26.9. The van der Waals surface area contributed by atoms with E-state index in [0.717, 1.165) is 12.8 Å². The first-order chi connectivity index (χ1) is 7.55. The van der Waals surface area contributed by atoms with E-state index >= 15 is 0 Å². The summed E-state index contributed by atoms with van der Waals surface area (Å²) in [5.41, 5.74) is 0. The maximum atomic E-state index is 11.5. The molecule has 1 N–H and O–H groups in total. The maximum Gasteiger partial charge on any atom is 0.213 e. The minimum absolute atomic E-state index is 0.0448. The van der Waals surface area contributed by atoms with E-state index in [2.05, 4.69) is 20.7 Å². The molecule has 1 rings (SSSR count). The molecule has 16 heavy (non-hydrogen) atoms. The molecule has 0 radical (unpaired) electrons. The molecule has 0 aromatic carbocycles. The van der Waals surface area contributed by atoms with Gasteiger partial charge in [0.15, 0.2) is 0 Å². The molecule has 2 atom stereocenters. The van der Waals surface area contributed by atoms with Crippen molar-refractivity contribution < 1.29 is 13.2 Å². The third kappa shape index (κ3) is 5.12. The number of sulfonamides is 1. The van der Waals surface area contributed by atoms with Gasteiger partial charge >= 0.3 is 0 Å². The van der Waals surface area contributed by atoms with Gasteiger partial charge in [0.25, 0.3) is 0 Å². The van der Waals surface area contributed by atoms with Crippen molar-refractivity contribution in [2.45, 2.75) is 30.5 Å². The molecule has 1 fully saturated rings. The fraction of sp³-hybridized carbons (Fsp3) is 1.00. The Morgan fingerprint density at radius 2 is 2.06 bits per heavy atom. The molecule has 1 aliphatic carbocycles. The summed E-state index contributed by atoms with van der Waals surface area (Å²) in [7, 11) is -1.66. The molecule has 6 heteroatoms. The SMILES string of the molecule is COCCS(=O)(=O)NCC1CCCCC1Br. The van der Waals surface area contributed by atoms with Crippen LogP contribution in [0.5, 0.6) is 0 Å². The average Bonchev–Trinajstić information content (AvgIpc) is 2.26. The van der Waals surface area contributed by atoms with Gasteiger partial charge in [0, 0.05) is 18.5 Å². The van der Waals surface area contributed by atoms with Crippen molar-refractivity contribution in [2.24, 2.45) is 5.92 Å². The van der Waals surface area contributed by atoms with Crippen LogP contribution in [0, 0.1) is 5.92 Å². The van der Waals surface area contributed by atoms with Crippen LogP contribution >= 0.6 is 15.9 Å². The third-order valence-electron chi connectivity index (χ3n) is 2.94. The lowest BCUT2D eigenvalue weighted by Gasteiger charge is -2.27. The first kappa shape index (κ1) is 14.4. The van der Waals surface area contributed by atoms with Crippen molar-refractivity contribution >= 4 is 26.0 Å². The zero-order valence-electron chi connectivity index (χ0n) is 9.62. The van der Waals surface area contributed by atoms with Crippen LogP contribution in [0.3, 0.4) is 0 Å². The van der Waals surface area contributed by atoms with Crippen LogP contribution in [0.2, 0.25) is 0 Å². The summed E-state index contributed by atoms with van der Waals surface area (Å²) in [6.45, 7) is 0.791. The summed E-state index contributed by atoms with van der Waals surface area (Å²) in [5.74, 6) is 0.467. The molecular weight excluding hydrogens is 294 g/mol. The maximum absolute atomic E-state index is 11.5. The molecule has 0 saturated heterocycles.